The van der Waals surface area contributed by atoms with Crippen LogP contribution >= 0.6 is 0 Å². The highest BCUT2D eigenvalue weighted by Gasteiger charge is 2.06. The van der Waals surface area contributed by atoms with Gasteiger partial charge in [0.1, 0.15) is 0 Å². The first-order valence-corrected chi connectivity index (χ1v) is 6.91. The highest BCUT2D eigenvalue weighted by Crippen LogP contribution is 2.25. The van der Waals surface area contributed by atoms with Crippen molar-refractivity contribution in [3.8, 4) is 11.5 Å². The van der Waals surface area contributed by atoms with Crippen molar-refractivity contribution in [1.82, 2.24) is 5.32 Å². The molecule has 0 saturated carbocycles. The summed E-state index contributed by atoms with van der Waals surface area (Å²) >= 11 is 0. The molecule has 0 spiro atoms. The monoisotopic (exact) mass is 281 g/mol. The van der Waals surface area contributed by atoms with E-state index in [2.05, 4.69) is 5.32 Å². The Kier molecular flexibility index (Phi) is 8.22. The number of aliphatic hydroxyl groups is 1. The number of carbonyl (C=O) groups is 1. The Balaban J connectivity index is 2.16. The summed E-state index contributed by atoms with van der Waals surface area (Å²) < 4.78 is 10.6. The van der Waals surface area contributed by atoms with Crippen LogP contribution in [0.15, 0.2) is 24.3 Å². The van der Waals surface area contributed by atoms with E-state index < -0.39 is 0 Å². The zero-order valence-corrected chi connectivity index (χ0v) is 11.9. The molecule has 0 saturated heterocycles. The molecule has 1 rings (SSSR count). The van der Waals surface area contributed by atoms with Gasteiger partial charge in [0.2, 0.25) is 0 Å². The first kappa shape index (κ1) is 16.3. The summed E-state index contributed by atoms with van der Waals surface area (Å²) in [5.74, 6) is 1.04. The lowest BCUT2D eigenvalue weighted by molar-refractivity contribution is -0.123. The van der Waals surface area contributed by atoms with Crippen LogP contribution in [0, 0.1) is 0 Å². The van der Waals surface area contributed by atoms with Crippen molar-refractivity contribution in [2.24, 2.45) is 0 Å². The van der Waals surface area contributed by atoms with Crippen molar-refractivity contribution >= 4 is 5.91 Å². The zero-order chi connectivity index (χ0) is 14.6. The molecule has 0 bridgehead atoms. The molecule has 20 heavy (non-hydrogen) atoms. The maximum Gasteiger partial charge on any atom is 0.257 e. The molecule has 5 nitrogen and oxygen atoms in total. The second-order valence-corrected chi connectivity index (χ2v) is 4.43. The van der Waals surface area contributed by atoms with Crippen LogP contribution in [-0.4, -0.2) is 37.9 Å². The van der Waals surface area contributed by atoms with E-state index in [1.165, 1.54) is 0 Å². The van der Waals surface area contributed by atoms with Gasteiger partial charge in [-0.2, -0.15) is 0 Å². The van der Waals surface area contributed by atoms with Crippen LogP contribution < -0.4 is 14.8 Å². The van der Waals surface area contributed by atoms with E-state index in [1.807, 2.05) is 12.1 Å². The minimum atomic E-state index is -0.141. The molecule has 0 aromatic heterocycles. The van der Waals surface area contributed by atoms with E-state index in [-0.39, 0.29) is 19.1 Å². The van der Waals surface area contributed by atoms with Gasteiger partial charge >= 0.3 is 0 Å². The van der Waals surface area contributed by atoms with Crippen molar-refractivity contribution in [3.63, 3.8) is 0 Å². The quantitative estimate of drug-likeness (QED) is 0.641. The number of unbranched alkanes of at least 4 members (excludes halogenated alkanes) is 3. The van der Waals surface area contributed by atoms with Gasteiger partial charge in [-0.15, -0.1) is 0 Å². The molecular formula is C15H23NO4. The molecule has 0 atom stereocenters. The fourth-order valence-corrected chi connectivity index (χ4v) is 1.75. The van der Waals surface area contributed by atoms with Gasteiger partial charge in [-0.25, -0.2) is 0 Å². The second kappa shape index (κ2) is 10.1. The number of nitrogens with one attached hydrogen (secondary N) is 1. The highest BCUT2D eigenvalue weighted by molar-refractivity contribution is 5.77. The van der Waals surface area contributed by atoms with Gasteiger partial charge in [-0.05, 0) is 25.0 Å². The molecule has 0 radical (unpaired) electrons. The molecule has 0 aliphatic heterocycles. The Bertz CT molecular complexity index is 395. The lowest BCUT2D eigenvalue weighted by Gasteiger charge is -2.10. The fraction of sp³-hybridized carbons (Fsp3) is 0.533. The summed E-state index contributed by atoms with van der Waals surface area (Å²) in [5.41, 5.74) is 0. The number of ether oxygens (including phenoxy) is 2. The van der Waals surface area contributed by atoms with E-state index in [1.54, 1.807) is 19.2 Å². The molecule has 1 aromatic carbocycles. The maximum absolute atomic E-state index is 11.6. The van der Waals surface area contributed by atoms with Crippen LogP contribution in [-0.2, 0) is 4.79 Å². The van der Waals surface area contributed by atoms with Crippen molar-refractivity contribution in [3.05, 3.63) is 24.3 Å². The van der Waals surface area contributed by atoms with Crippen molar-refractivity contribution < 1.29 is 19.4 Å². The minimum Gasteiger partial charge on any atom is -0.493 e. The number of carbonyl (C=O) groups excluding carboxylic acids is 1. The van der Waals surface area contributed by atoms with E-state index in [9.17, 15) is 4.79 Å². The molecule has 0 unspecified atom stereocenters. The van der Waals surface area contributed by atoms with Gasteiger partial charge in [-0.3, -0.25) is 4.79 Å². The molecule has 2 N–H and O–H groups in total. The van der Waals surface area contributed by atoms with Crippen LogP contribution in [0.3, 0.4) is 0 Å². The fourth-order valence-electron chi connectivity index (χ4n) is 1.75. The summed E-state index contributed by atoms with van der Waals surface area (Å²) in [6.45, 7) is 0.857. The van der Waals surface area contributed by atoms with Crippen LogP contribution in [0.4, 0.5) is 0 Å². The van der Waals surface area contributed by atoms with Crippen LogP contribution in [0.25, 0.3) is 0 Å². The molecule has 0 fully saturated rings. The van der Waals surface area contributed by atoms with Gasteiger partial charge in [0.15, 0.2) is 18.1 Å². The minimum absolute atomic E-state index is 0.0169. The topological polar surface area (TPSA) is 67.8 Å². The van der Waals surface area contributed by atoms with Gasteiger partial charge in [0.25, 0.3) is 5.91 Å². The number of aliphatic hydroxyl groups excluding tert-OH is 1. The third kappa shape index (κ3) is 6.43. The molecule has 0 heterocycles. The van der Waals surface area contributed by atoms with E-state index in [0.29, 0.717) is 18.0 Å². The summed E-state index contributed by atoms with van der Waals surface area (Å²) in [6.07, 6.45) is 3.74. The highest BCUT2D eigenvalue weighted by atomic mass is 16.5. The van der Waals surface area contributed by atoms with E-state index in [0.717, 1.165) is 25.7 Å². The van der Waals surface area contributed by atoms with Crippen LogP contribution in [0.5, 0.6) is 11.5 Å². The molecule has 0 aliphatic rings. The summed E-state index contributed by atoms with van der Waals surface area (Å²) in [4.78, 5) is 11.6. The Hall–Kier alpha value is -1.75. The predicted molar refractivity (Wildman–Crippen MR) is 77.1 cm³/mol. The second-order valence-electron chi connectivity index (χ2n) is 4.43. The number of rotatable bonds is 10. The molecule has 1 aromatic rings. The van der Waals surface area contributed by atoms with Gasteiger partial charge in [0.05, 0.1) is 7.11 Å². The maximum atomic E-state index is 11.6. The third-order valence-corrected chi connectivity index (χ3v) is 2.83. The van der Waals surface area contributed by atoms with Crippen molar-refractivity contribution in [2.75, 3.05) is 26.9 Å². The lowest BCUT2D eigenvalue weighted by atomic mass is 10.2. The van der Waals surface area contributed by atoms with Gasteiger partial charge < -0.3 is 19.9 Å². The number of para-hydroxylation sites is 2. The molecule has 1 amide bonds. The largest absolute Gasteiger partial charge is 0.493 e. The number of hydrogen-bond donors (Lipinski definition) is 2. The average Bonchev–Trinajstić information content (AvgIpc) is 2.49. The average molecular weight is 281 g/mol. The normalized spacial score (nSPS) is 10.1. The van der Waals surface area contributed by atoms with Crippen molar-refractivity contribution in [1.29, 1.82) is 0 Å². The molecule has 5 heteroatoms. The number of benzene rings is 1. The van der Waals surface area contributed by atoms with Crippen LogP contribution in [0.1, 0.15) is 25.7 Å². The first-order chi connectivity index (χ1) is 9.77. The summed E-state index contributed by atoms with van der Waals surface area (Å²) in [6, 6.07) is 7.23. The Morgan fingerprint density at radius 1 is 1.15 bits per heavy atom. The van der Waals surface area contributed by atoms with Gasteiger partial charge in [0, 0.05) is 13.2 Å². The van der Waals surface area contributed by atoms with E-state index in [4.69, 9.17) is 14.6 Å². The smallest absolute Gasteiger partial charge is 0.257 e. The van der Waals surface area contributed by atoms with E-state index >= 15 is 0 Å². The summed E-state index contributed by atoms with van der Waals surface area (Å²) in [7, 11) is 1.56. The van der Waals surface area contributed by atoms with Crippen molar-refractivity contribution in [2.45, 2.75) is 25.7 Å². The molecule has 0 aliphatic carbocycles. The lowest BCUT2D eigenvalue weighted by Crippen LogP contribution is -2.29. The zero-order valence-electron chi connectivity index (χ0n) is 11.9. The SMILES string of the molecule is COc1ccccc1OCC(=O)NCCCCCCO. The molecule has 112 valence electrons. The Morgan fingerprint density at radius 2 is 1.85 bits per heavy atom. The Morgan fingerprint density at radius 3 is 2.55 bits per heavy atom. The third-order valence-electron chi connectivity index (χ3n) is 2.83. The standard InChI is InChI=1S/C15H23NO4/c1-19-13-8-4-5-9-14(13)20-12-15(18)16-10-6-2-3-7-11-17/h4-5,8-9,17H,2-3,6-7,10-12H2,1H3,(H,16,18). The molecular weight excluding hydrogens is 258 g/mol. The number of methoxy groups -OCH3 is 1. The first-order valence-electron chi connectivity index (χ1n) is 6.91. The van der Waals surface area contributed by atoms with Crippen LogP contribution in [0.2, 0.25) is 0 Å². The summed E-state index contributed by atoms with van der Waals surface area (Å²) in [5, 5.41) is 11.4. The number of hydrogen-bond acceptors (Lipinski definition) is 4. The van der Waals surface area contributed by atoms with Gasteiger partial charge in [-0.1, -0.05) is 25.0 Å². The number of amides is 1. The Labute approximate surface area is 119 Å². The predicted octanol–water partition coefficient (Wildman–Crippen LogP) is 1.74.